The summed E-state index contributed by atoms with van der Waals surface area (Å²) in [6, 6.07) is 3.86. The van der Waals surface area contributed by atoms with Gasteiger partial charge in [-0.3, -0.25) is 4.79 Å². The molecule has 0 spiro atoms. The summed E-state index contributed by atoms with van der Waals surface area (Å²) in [4.78, 5) is 27.1. The van der Waals surface area contributed by atoms with Gasteiger partial charge in [-0.25, -0.2) is 0 Å². The summed E-state index contributed by atoms with van der Waals surface area (Å²) in [6.45, 7) is 3.45. The van der Waals surface area contributed by atoms with Crippen molar-refractivity contribution in [3.8, 4) is 11.5 Å². The molecule has 25 heavy (non-hydrogen) atoms. The van der Waals surface area contributed by atoms with Crippen molar-refractivity contribution < 1.29 is 14.3 Å². The summed E-state index contributed by atoms with van der Waals surface area (Å²) in [7, 11) is 3.11. The molecule has 0 aliphatic carbocycles. The van der Waals surface area contributed by atoms with Crippen LogP contribution in [0.5, 0.6) is 11.5 Å². The van der Waals surface area contributed by atoms with Gasteiger partial charge in [0.25, 0.3) is 0 Å². The van der Waals surface area contributed by atoms with Gasteiger partial charge in [0.1, 0.15) is 11.5 Å². The second-order valence-corrected chi connectivity index (χ2v) is 6.41. The van der Waals surface area contributed by atoms with E-state index in [4.69, 9.17) is 9.47 Å². The number of carbonyl (C=O) groups is 1. The molecule has 0 amide bonds. The van der Waals surface area contributed by atoms with E-state index in [1.165, 1.54) is 7.11 Å². The molecule has 136 valence electrons. The van der Waals surface area contributed by atoms with Gasteiger partial charge >= 0.3 is 0 Å². The number of hydrogen-bond donors (Lipinski definition) is 1. The molecule has 0 aliphatic heterocycles. The lowest BCUT2D eigenvalue weighted by molar-refractivity contribution is -0.117. The number of H-pyrrole nitrogens is 1. The largest absolute Gasteiger partial charge is 0.495 e. The van der Waals surface area contributed by atoms with E-state index in [2.05, 4.69) is 4.98 Å². The number of hydrogen-bond acceptors (Lipinski definition) is 4. The quantitative estimate of drug-likeness (QED) is 0.699. The van der Waals surface area contributed by atoms with Crippen LogP contribution in [-0.2, 0) is 11.2 Å². The molecule has 1 N–H and O–H groups in total. The molecule has 5 heteroatoms. The fourth-order valence-electron chi connectivity index (χ4n) is 3.21. The van der Waals surface area contributed by atoms with Gasteiger partial charge in [-0.15, -0.1) is 0 Å². The molecule has 2 aromatic rings. The summed E-state index contributed by atoms with van der Waals surface area (Å²) >= 11 is 0. The standard InChI is InChI=1S/C20H27NO4/c1-13(22)9-7-5-6-8-10-15-11-12-16(24-3)18-17(15)19(23)20(25-4)14(2)21-18/h11-12H,5-10H2,1-4H3,(H,21,23). The third-order valence-electron chi connectivity index (χ3n) is 4.49. The predicted molar refractivity (Wildman–Crippen MR) is 99.9 cm³/mol. The van der Waals surface area contributed by atoms with Crippen molar-refractivity contribution >= 4 is 16.7 Å². The van der Waals surface area contributed by atoms with Gasteiger partial charge in [0.15, 0.2) is 5.75 Å². The first-order chi connectivity index (χ1) is 12.0. The van der Waals surface area contributed by atoms with Crippen molar-refractivity contribution in [3.05, 3.63) is 33.6 Å². The minimum atomic E-state index is -0.0979. The highest BCUT2D eigenvalue weighted by Gasteiger charge is 2.16. The first kappa shape index (κ1) is 19.0. The number of carbonyl (C=O) groups excluding carboxylic acids is 1. The van der Waals surface area contributed by atoms with E-state index in [0.29, 0.717) is 29.0 Å². The molecule has 0 atom stereocenters. The fraction of sp³-hybridized carbons (Fsp3) is 0.500. The van der Waals surface area contributed by atoms with Crippen molar-refractivity contribution in [1.82, 2.24) is 4.98 Å². The highest BCUT2D eigenvalue weighted by atomic mass is 16.5. The van der Waals surface area contributed by atoms with Crippen LogP contribution >= 0.6 is 0 Å². The van der Waals surface area contributed by atoms with E-state index in [9.17, 15) is 9.59 Å². The monoisotopic (exact) mass is 345 g/mol. The number of aryl methyl sites for hydroxylation is 2. The second kappa shape index (κ2) is 8.70. The average molecular weight is 345 g/mol. The number of methoxy groups -OCH3 is 2. The topological polar surface area (TPSA) is 68.4 Å². The van der Waals surface area contributed by atoms with Crippen LogP contribution in [0.15, 0.2) is 16.9 Å². The Kier molecular flexibility index (Phi) is 6.62. The van der Waals surface area contributed by atoms with Crippen LogP contribution in [0.2, 0.25) is 0 Å². The SMILES string of the molecule is COc1c(C)[nH]c2c(OC)ccc(CCCCCCC(C)=O)c2c1=O. The minimum Gasteiger partial charge on any atom is -0.495 e. The molecule has 1 heterocycles. The van der Waals surface area contributed by atoms with Crippen LogP contribution in [0, 0.1) is 6.92 Å². The molecule has 0 radical (unpaired) electrons. The van der Waals surface area contributed by atoms with Crippen molar-refractivity contribution in [1.29, 1.82) is 0 Å². The minimum absolute atomic E-state index is 0.0979. The number of fused-ring (bicyclic) bond motifs is 1. The molecule has 0 fully saturated rings. The molecule has 0 saturated heterocycles. The molecule has 5 nitrogen and oxygen atoms in total. The second-order valence-electron chi connectivity index (χ2n) is 6.41. The summed E-state index contributed by atoms with van der Waals surface area (Å²) in [6.07, 6.45) is 5.47. The van der Waals surface area contributed by atoms with Gasteiger partial charge in [0.05, 0.1) is 30.8 Å². The van der Waals surface area contributed by atoms with Crippen LogP contribution in [-0.4, -0.2) is 25.0 Å². The smallest absolute Gasteiger partial charge is 0.231 e. The number of nitrogens with one attached hydrogen (secondary N) is 1. The number of ether oxygens (including phenoxy) is 2. The Bertz CT molecular complexity index is 807. The van der Waals surface area contributed by atoms with Crippen molar-refractivity contribution in [3.63, 3.8) is 0 Å². The summed E-state index contributed by atoms with van der Waals surface area (Å²) < 4.78 is 10.7. The van der Waals surface area contributed by atoms with Crippen molar-refractivity contribution in [2.75, 3.05) is 14.2 Å². The maximum absolute atomic E-state index is 12.8. The Labute approximate surface area is 148 Å². The Morgan fingerprint density at radius 3 is 2.44 bits per heavy atom. The molecule has 1 aromatic heterocycles. The molecule has 0 bridgehead atoms. The summed E-state index contributed by atoms with van der Waals surface area (Å²) in [5.74, 6) is 1.25. The van der Waals surface area contributed by atoms with Crippen LogP contribution in [0.1, 0.15) is 50.3 Å². The van der Waals surface area contributed by atoms with Gasteiger partial charge in [-0.1, -0.05) is 18.9 Å². The van der Waals surface area contributed by atoms with E-state index in [0.717, 1.165) is 43.2 Å². The predicted octanol–water partition coefficient (Wildman–Crippen LogP) is 3.94. The Balaban J connectivity index is 2.25. The van der Waals surface area contributed by atoms with E-state index in [1.807, 2.05) is 19.1 Å². The number of aromatic amines is 1. The van der Waals surface area contributed by atoms with E-state index in [1.54, 1.807) is 14.0 Å². The Hall–Kier alpha value is -2.30. The van der Waals surface area contributed by atoms with Crippen LogP contribution < -0.4 is 14.9 Å². The van der Waals surface area contributed by atoms with Gasteiger partial charge in [-0.05, 0) is 44.7 Å². The number of unbranched alkanes of at least 4 members (excludes halogenated alkanes) is 3. The van der Waals surface area contributed by atoms with Crippen LogP contribution in [0.4, 0.5) is 0 Å². The average Bonchev–Trinajstić information content (AvgIpc) is 2.57. The molecule has 0 unspecified atom stereocenters. The van der Waals surface area contributed by atoms with Gasteiger partial charge in [0, 0.05) is 6.42 Å². The molecular weight excluding hydrogens is 318 g/mol. The van der Waals surface area contributed by atoms with Gasteiger partial charge < -0.3 is 19.3 Å². The number of aromatic nitrogens is 1. The highest BCUT2D eigenvalue weighted by molar-refractivity contribution is 5.89. The van der Waals surface area contributed by atoms with E-state index < -0.39 is 0 Å². The van der Waals surface area contributed by atoms with E-state index >= 15 is 0 Å². The molecule has 2 rings (SSSR count). The number of pyridine rings is 1. The van der Waals surface area contributed by atoms with Crippen LogP contribution in [0.25, 0.3) is 10.9 Å². The molecule has 0 aliphatic rings. The molecule has 1 aromatic carbocycles. The maximum Gasteiger partial charge on any atom is 0.231 e. The Morgan fingerprint density at radius 1 is 1.08 bits per heavy atom. The first-order valence-corrected chi connectivity index (χ1v) is 8.75. The van der Waals surface area contributed by atoms with E-state index in [-0.39, 0.29) is 11.2 Å². The number of ketones is 1. The normalized spacial score (nSPS) is 10.9. The first-order valence-electron chi connectivity index (χ1n) is 8.75. The molecular formula is C20H27NO4. The number of benzene rings is 1. The third-order valence-corrected chi connectivity index (χ3v) is 4.49. The lowest BCUT2D eigenvalue weighted by Crippen LogP contribution is -2.12. The Morgan fingerprint density at radius 2 is 1.80 bits per heavy atom. The molecule has 0 saturated carbocycles. The summed E-state index contributed by atoms with van der Waals surface area (Å²) in [5.41, 5.74) is 2.32. The zero-order valence-corrected chi connectivity index (χ0v) is 15.5. The van der Waals surface area contributed by atoms with Crippen LogP contribution in [0.3, 0.4) is 0 Å². The zero-order valence-electron chi connectivity index (χ0n) is 15.5. The van der Waals surface area contributed by atoms with Crippen molar-refractivity contribution in [2.24, 2.45) is 0 Å². The zero-order chi connectivity index (χ0) is 18.4. The lowest BCUT2D eigenvalue weighted by atomic mass is 9.99. The number of rotatable bonds is 9. The van der Waals surface area contributed by atoms with Gasteiger partial charge in [0.2, 0.25) is 5.43 Å². The summed E-state index contributed by atoms with van der Waals surface area (Å²) in [5, 5.41) is 0.644. The third kappa shape index (κ3) is 4.41. The van der Waals surface area contributed by atoms with Crippen molar-refractivity contribution in [2.45, 2.75) is 52.4 Å². The van der Waals surface area contributed by atoms with Gasteiger partial charge in [-0.2, -0.15) is 0 Å². The fourth-order valence-corrected chi connectivity index (χ4v) is 3.21. The number of Topliss-reactive ketones (excluding diaryl/α,β-unsaturated/α-hetero) is 1. The maximum atomic E-state index is 12.8. The lowest BCUT2D eigenvalue weighted by Gasteiger charge is -2.13. The highest BCUT2D eigenvalue weighted by Crippen LogP contribution is 2.28.